The first-order chi connectivity index (χ1) is 9.52. The Hall–Kier alpha value is -1.52. The van der Waals surface area contributed by atoms with Crippen molar-refractivity contribution in [2.75, 3.05) is 20.6 Å². The highest BCUT2D eigenvalue weighted by Crippen LogP contribution is 2.34. The predicted molar refractivity (Wildman–Crippen MR) is 81.5 cm³/mol. The molecule has 4 nitrogen and oxygen atoms in total. The minimum absolute atomic E-state index is 0.242. The number of esters is 1. The number of halogens is 1. The van der Waals surface area contributed by atoms with E-state index in [9.17, 15) is 4.79 Å². The van der Waals surface area contributed by atoms with Gasteiger partial charge in [0.1, 0.15) is 10.9 Å². The molecule has 0 atom stereocenters. The second kappa shape index (κ2) is 6.29. The standard InChI is InChI=1S/C15H19ClN2O2/c1-4-13(19)20-12-7-5-6-11-14(12)10(15(16)17-11)8-9-18(2)3/h5-7,17H,4,8-9H2,1-3H3. The van der Waals surface area contributed by atoms with Crippen LogP contribution in [0.15, 0.2) is 18.2 Å². The maximum absolute atomic E-state index is 11.5. The molecule has 1 heterocycles. The molecule has 0 saturated heterocycles. The third kappa shape index (κ3) is 3.14. The predicted octanol–water partition coefficient (Wildman–Crippen LogP) is 3.24. The van der Waals surface area contributed by atoms with Gasteiger partial charge < -0.3 is 14.6 Å². The summed E-state index contributed by atoms with van der Waals surface area (Å²) in [6.45, 7) is 2.66. The Morgan fingerprint density at radius 1 is 1.40 bits per heavy atom. The second-order valence-electron chi connectivity index (χ2n) is 4.98. The van der Waals surface area contributed by atoms with Crippen molar-refractivity contribution in [3.05, 3.63) is 28.9 Å². The third-order valence-corrected chi connectivity index (χ3v) is 3.48. The number of carbonyl (C=O) groups is 1. The Labute approximate surface area is 123 Å². The molecule has 0 radical (unpaired) electrons. The number of ether oxygens (including phenoxy) is 1. The molecule has 1 N–H and O–H groups in total. The van der Waals surface area contributed by atoms with Gasteiger partial charge in [0.15, 0.2) is 0 Å². The van der Waals surface area contributed by atoms with Gasteiger partial charge in [-0.1, -0.05) is 24.6 Å². The normalized spacial score (nSPS) is 11.2. The number of H-pyrrole nitrogens is 1. The number of aromatic amines is 1. The molecule has 1 aromatic heterocycles. The van der Waals surface area contributed by atoms with E-state index in [1.54, 1.807) is 13.0 Å². The van der Waals surface area contributed by atoms with Crippen LogP contribution in [0.1, 0.15) is 18.9 Å². The number of carbonyl (C=O) groups excluding carboxylic acids is 1. The van der Waals surface area contributed by atoms with Crippen molar-refractivity contribution in [1.82, 2.24) is 9.88 Å². The minimum atomic E-state index is -0.242. The quantitative estimate of drug-likeness (QED) is 0.680. The average Bonchev–Trinajstić information content (AvgIpc) is 2.72. The highest BCUT2D eigenvalue weighted by Gasteiger charge is 2.16. The lowest BCUT2D eigenvalue weighted by Gasteiger charge is -2.10. The minimum Gasteiger partial charge on any atom is -0.426 e. The molecule has 5 heteroatoms. The molecule has 0 saturated carbocycles. The number of nitrogens with one attached hydrogen (secondary N) is 1. The summed E-state index contributed by atoms with van der Waals surface area (Å²) < 4.78 is 5.41. The smallest absolute Gasteiger partial charge is 0.310 e. The average molecular weight is 295 g/mol. The van der Waals surface area contributed by atoms with Crippen LogP contribution < -0.4 is 4.74 Å². The van der Waals surface area contributed by atoms with Gasteiger partial charge in [-0.05, 0) is 32.6 Å². The van der Waals surface area contributed by atoms with Crippen molar-refractivity contribution in [3.63, 3.8) is 0 Å². The third-order valence-electron chi connectivity index (χ3n) is 3.16. The first-order valence-corrected chi connectivity index (χ1v) is 7.05. The largest absolute Gasteiger partial charge is 0.426 e. The molecule has 0 aliphatic rings. The van der Waals surface area contributed by atoms with E-state index in [1.807, 2.05) is 26.2 Å². The molecule has 0 aliphatic carbocycles. The van der Waals surface area contributed by atoms with Crippen LogP contribution in [-0.4, -0.2) is 36.5 Å². The van der Waals surface area contributed by atoms with E-state index >= 15 is 0 Å². The molecular formula is C15H19ClN2O2. The van der Waals surface area contributed by atoms with Gasteiger partial charge in [0, 0.05) is 23.9 Å². The topological polar surface area (TPSA) is 45.3 Å². The van der Waals surface area contributed by atoms with E-state index in [1.165, 1.54) is 0 Å². The number of benzene rings is 1. The molecule has 1 aromatic carbocycles. The van der Waals surface area contributed by atoms with Crippen molar-refractivity contribution >= 4 is 28.5 Å². The summed E-state index contributed by atoms with van der Waals surface area (Å²) >= 11 is 6.28. The van der Waals surface area contributed by atoms with E-state index in [0.717, 1.165) is 29.4 Å². The summed E-state index contributed by atoms with van der Waals surface area (Å²) in [5, 5.41) is 1.52. The summed E-state index contributed by atoms with van der Waals surface area (Å²) in [5.41, 5.74) is 1.89. The van der Waals surface area contributed by atoms with Gasteiger partial charge in [0.25, 0.3) is 0 Å². The Morgan fingerprint density at radius 2 is 2.15 bits per heavy atom. The number of hydrogen-bond acceptors (Lipinski definition) is 3. The number of likely N-dealkylation sites (N-methyl/N-ethyl adjacent to an activating group) is 1. The molecular weight excluding hydrogens is 276 g/mol. The van der Waals surface area contributed by atoms with E-state index in [0.29, 0.717) is 17.3 Å². The molecule has 2 aromatic rings. The number of aromatic nitrogens is 1. The summed E-state index contributed by atoms with van der Waals surface area (Å²) in [6.07, 6.45) is 1.15. The van der Waals surface area contributed by atoms with Crippen LogP contribution >= 0.6 is 11.6 Å². The molecule has 0 unspecified atom stereocenters. The van der Waals surface area contributed by atoms with Crippen molar-refractivity contribution in [2.24, 2.45) is 0 Å². The van der Waals surface area contributed by atoms with Crippen molar-refractivity contribution < 1.29 is 9.53 Å². The van der Waals surface area contributed by atoms with Gasteiger partial charge in [-0.3, -0.25) is 4.79 Å². The second-order valence-corrected chi connectivity index (χ2v) is 5.36. The number of hydrogen-bond donors (Lipinski definition) is 1. The molecule has 0 amide bonds. The molecule has 20 heavy (non-hydrogen) atoms. The molecule has 0 aliphatic heterocycles. The summed E-state index contributed by atoms with van der Waals surface area (Å²) in [5.74, 6) is 0.333. The number of rotatable bonds is 5. The highest BCUT2D eigenvalue weighted by molar-refractivity contribution is 6.32. The first-order valence-electron chi connectivity index (χ1n) is 6.67. The summed E-state index contributed by atoms with van der Waals surface area (Å²) in [4.78, 5) is 16.8. The SMILES string of the molecule is CCC(=O)Oc1cccc2[nH]c(Cl)c(CCN(C)C)c12. The maximum Gasteiger partial charge on any atom is 0.310 e. The van der Waals surface area contributed by atoms with Crippen LogP contribution in [0.5, 0.6) is 5.75 Å². The number of fused-ring (bicyclic) bond motifs is 1. The van der Waals surface area contributed by atoms with Crippen LogP contribution in [0.3, 0.4) is 0 Å². The van der Waals surface area contributed by atoms with Crippen molar-refractivity contribution in [2.45, 2.75) is 19.8 Å². The van der Waals surface area contributed by atoms with Gasteiger partial charge in [0.05, 0.1) is 5.52 Å². The Bertz CT molecular complexity index is 620. The zero-order valence-electron chi connectivity index (χ0n) is 12.0. The highest BCUT2D eigenvalue weighted by atomic mass is 35.5. The van der Waals surface area contributed by atoms with E-state index in [2.05, 4.69) is 9.88 Å². The van der Waals surface area contributed by atoms with E-state index in [4.69, 9.17) is 16.3 Å². The molecule has 0 fully saturated rings. The van der Waals surface area contributed by atoms with E-state index < -0.39 is 0 Å². The molecule has 0 spiro atoms. The Balaban J connectivity index is 2.44. The number of nitrogens with zero attached hydrogens (tertiary/aromatic N) is 1. The van der Waals surface area contributed by atoms with Crippen LogP contribution in [0.2, 0.25) is 5.15 Å². The first kappa shape index (κ1) is 14.9. The van der Waals surface area contributed by atoms with Gasteiger partial charge in [-0.2, -0.15) is 0 Å². The van der Waals surface area contributed by atoms with Crippen LogP contribution in [-0.2, 0) is 11.2 Å². The van der Waals surface area contributed by atoms with Crippen LogP contribution in [0, 0.1) is 0 Å². The zero-order chi connectivity index (χ0) is 14.7. The van der Waals surface area contributed by atoms with Crippen molar-refractivity contribution in [3.8, 4) is 5.75 Å². The zero-order valence-corrected chi connectivity index (χ0v) is 12.8. The Kier molecular flexibility index (Phi) is 4.68. The van der Waals surface area contributed by atoms with Gasteiger partial charge in [-0.25, -0.2) is 0 Å². The van der Waals surface area contributed by atoms with Crippen molar-refractivity contribution in [1.29, 1.82) is 0 Å². The lowest BCUT2D eigenvalue weighted by atomic mass is 10.1. The van der Waals surface area contributed by atoms with Gasteiger partial charge in [0.2, 0.25) is 0 Å². The maximum atomic E-state index is 11.5. The fraction of sp³-hybridized carbons (Fsp3) is 0.400. The molecule has 2 rings (SSSR count). The molecule has 0 bridgehead atoms. The lowest BCUT2D eigenvalue weighted by molar-refractivity contribution is -0.133. The fourth-order valence-electron chi connectivity index (χ4n) is 2.10. The van der Waals surface area contributed by atoms with Crippen LogP contribution in [0.25, 0.3) is 10.9 Å². The molecule has 108 valence electrons. The summed E-state index contributed by atoms with van der Waals surface area (Å²) in [6, 6.07) is 5.59. The Morgan fingerprint density at radius 3 is 2.80 bits per heavy atom. The monoisotopic (exact) mass is 294 g/mol. The van der Waals surface area contributed by atoms with E-state index in [-0.39, 0.29) is 5.97 Å². The van der Waals surface area contributed by atoms with Crippen LogP contribution in [0.4, 0.5) is 0 Å². The van der Waals surface area contributed by atoms with Gasteiger partial charge >= 0.3 is 5.97 Å². The summed E-state index contributed by atoms with van der Waals surface area (Å²) in [7, 11) is 4.03. The van der Waals surface area contributed by atoms with Gasteiger partial charge in [-0.15, -0.1) is 0 Å². The lowest BCUT2D eigenvalue weighted by Crippen LogP contribution is -2.15. The fourth-order valence-corrected chi connectivity index (χ4v) is 2.39.